The molecular weight excluding hydrogens is 510 g/mol. The second kappa shape index (κ2) is 9.17. The number of hydrogen-bond donors (Lipinski definition) is 0. The molecule has 0 bridgehead atoms. The number of benzene rings is 1. The van der Waals surface area contributed by atoms with Crippen LogP contribution >= 0.6 is 38.6 Å². The van der Waals surface area contributed by atoms with Gasteiger partial charge in [0, 0.05) is 23.4 Å². The summed E-state index contributed by atoms with van der Waals surface area (Å²) in [4.78, 5) is 34.4. The predicted molar refractivity (Wildman–Crippen MR) is 133 cm³/mol. The molecule has 166 valence electrons. The van der Waals surface area contributed by atoms with Crippen molar-refractivity contribution in [1.29, 1.82) is 0 Å². The number of anilines is 1. The number of carbonyl (C=O) groups is 1. The number of ether oxygens (including phenoxy) is 1. The highest BCUT2D eigenvalue weighted by Gasteiger charge is 2.33. The van der Waals surface area contributed by atoms with Crippen molar-refractivity contribution in [3.63, 3.8) is 0 Å². The third kappa shape index (κ3) is 4.12. The summed E-state index contributed by atoms with van der Waals surface area (Å²) in [6.07, 6.45) is 1.86. The summed E-state index contributed by atoms with van der Waals surface area (Å²) >= 11 is 6.43. The van der Waals surface area contributed by atoms with Crippen molar-refractivity contribution in [3.8, 4) is 0 Å². The summed E-state index contributed by atoms with van der Waals surface area (Å²) in [7, 11) is 3.96. The second-order valence-corrected chi connectivity index (χ2v) is 10.3. The first-order valence-corrected chi connectivity index (χ1v) is 12.5. The van der Waals surface area contributed by atoms with Gasteiger partial charge in [0.25, 0.3) is 5.56 Å². The lowest BCUT2D eigenvalue weighted by Crippen LogP contribution is -2.39. The Morgan fingerprint density at radius 1 is 1.34 bits per heavy atom. The minimum atomic E-state index is -0.546. The van der Waals surface area contributed by atoms with E-state index in [-0.39, 0.29) is 12.2 Å². The van der Waals surface area contributed by atoms with Crippen LogP contribution in [0.2, 0.25) is 0 Å². The SMILES string of the molecule is CCOC(=O)C1=C(C)N=c2s/c(=C/c3ccc(N(C)C)c(Br)c3)c(=O)n2C1c1cccs1. The predicted octanol–water partition coefficient (Wildman–Crippen LogP) is 3.69. The molecule has 6 nitrogen and oxygen atoms in total. The summed E-state index contributed by atoms with van der Waals surface area (Å²) in [5, 5.41) is 1.94. The monoisotopic (exact) mass is 531 g/mol. The Bertz CT molecular complexity index is 1380. The van der Waals surface area contributed by atoms with Crippen molar-refractivity contribution < 1.29 is 9.53 Å². The Balaban J connectivity index is 1.89. The highest BCUT2D eigenvalue weighted by atomic mass is 79.9. The minimum Gasteiger partial charge on any atom is -0.463 e. The zero-order valence-electron chi connectivity index (χ0n) is 18.1. The van der Waals surface area contributed by atoms with Gasteiger partial charge < -0.3 is 9.64 Å². The van der Waals surface area contributed by atoms with E-state index in [1.165, 1.54) is 22.7 Å². The van der Waals surface area contributed by atoms with Crippen molar-refractivity contribution in [2.24, 2.45) is 4.99 Å². The lowest BCUT2D eigenvalue weighted by atomic mass is 10.0. The van der Waals surface area contributed by atoms with E-state index in [1.807, 2.05) is 60.8 Å². The number of fused-ring (bicyclic) bond motifs is 1. The lowest BCUT2D eigenvalue weighted by molar-refractivity contribution is -0.139. The number of nitrogens with zero attached hydrogens (tertiary/aromatic N) is 3. The van der Waals surface area contributed by atoms with Crippen molar-refractivity contribution >= 4 is 56.3 Å². The molecule has 2 aromatic heterocycles. The Hall–Kier alpha value is -2.49. The number of aromatic nitrogens is 1. The normalized spacial score (nSPS) is 16.0. The van der Waals surface area contributed by atoms with Gasteiger partial charge in [-0.1, -0.05) is 23.5 Å². The molecule has 0 saturated heterocycles. The number of thiophene rings is 1. The minimum absolute atomic E-state index is 0.172. The molecule has 3 heterocycles. The van der Waals surface area contributed by atoms with E-state index in [2.05, 4.69) is 20.9 Å². The van der Waals surface area contributed by atoms with E-state index in [0.717, 1.165) is 20.6 Å². The summed E-state index contributed by atoms with van der Waals surface area (Å²) in [5.41, 5.74) is 2.77. The number of rotatable bonds is 5. The molecule has 0 saturated carbocycles. The maximum atomic E-state index is 13.5. The Morgan fingerprint density at radius 2 is 2.12 bits per heavy atom. The average molecular weight is 532 g/mol. The summed E-state index contributed by atoms with van der Waals surface area (Å²) in [6, 6.07) is 9.27. The van der Waals surface area contributed by atoms with Gasteiger partial charge in [-0.3, -0.25) is 9.36 Å². The molecule has 0 aliphatic carbocycles. The van der Waals surface area contributed by atoms with Crippen LogP contribution in [-0.2, 0) is 9.53 Å². The van der Waals surface area contributed by atoms with Crippen LogP contribution in [0.25, 0.3) is 6.08 Å². The van der Waals surface area contributed by atoms with E-state index in [9.17, 15) is 9.59 Å². The Labute approximate surface area is 201 Å². The molecule has 32 heavy (non-hydrogen) atoms. The molecule has 1 aromatic carbocycles. The molecule has 0 spiro atoms. The molecular formula is C23H22BrN3O3S2. The molecule has 0 radical (unpaired) electrons. The third-order valence-electron chi connectivity index (χ3n) is 5.08. The Morgan fingerprint density at radius 3 is 2.75 bits per heavy atom. The first-order valence-electron chi connectivity index (χ1n) is 10.0. The molecule has 9 heteroatoms. The van der Waals surface area contributed by atoms with Gasteiger partial charge in [0.15, 0.2) is 4.80 Å². The third-order valence-corrected chi connectivity index (χ3v) is 7.62. The molecule has 1 atom stereocenters. The Kier molecular flexibility index (Phi) is 6.50. The maximum absolute atomic E-state index is 13.5. The van der Waals surface area contributed by atoms with Crippen LogP contribution in [0.5, 0.6) is 0 Å². The van der Waals surface area contributed by atoms with Gasteiger partial charge in [-0.25, -0.2) is 9.79 Å². The van der Waals surface area contributed by atoms with Crippen molar-refractivity contribution in [2.45, 2.75) is 19.9 Å². The average Bonchev–Trinajstić information content (AvgIpc) is 3.36. The number of halogens is 1. The fourth-order valence-corrected chi connectivity index (χ4v) is 6.26. The van der Waals surface area contributed by atoms with Crippen molar-refractivity contribution in [3.05, 3.63) is 81.6 Å². The molecule has 0 N–H and O–H groups in total. The molecule has 0 amide bonds. The maximum Gasteiger partial charge on any atom is 0.338 e. The van der Waals surface area contributed by atoms with Crippen LogP contribution in [0.4, 0.5) is 5.69 Å². The van der Waals surface area contributed by atoms with Gasteiger partial charge in [-0.05, 0) is 65.0 Å². The van der Waals surface area contributed by atoms with Gasteiger partial charge >= 0.3 is 5.97 Å². The summed E-state index contributed by atoms with van der Waals surface area (Å²) in [6.45, 7) is 3.82. The van der Waals surface area contributed by atoms with Crippen molar-refractivity contribution in [2.75, 3.05) is 25.6 Å². The van der Waals surface area contributed by atoms with Gasteiger partial charge in [0.05, 0.1) is 28.1 Å². The van der Waals surface area contributed by atoms with E-state index in [4.69, 9.17) is 4.74 Å². The zero-order chi connectivity index (χ0) is 23.0. The first kappa shape index (κ1) is 22.7. The van der Waals surface area contributed by atoms with Gasteiger partial charge in [0.2, 0.25) is 0 Å². The topological polar surface area (TPSA) is 63.9 Å². The van der Waals surface area contributed by atoms with Crippen LogP contribution in [0.1, 0.15) is 30.3 Å². The largest absolute Gasteiger partial charge is 0.463 e. The quantitative estimate of drug-likeness (QED) is 0.471. The van der Waals surface area contributed by atoms with E-state index in [0.29, 0.717) is 20.6 Å². The van der Waals surface area contributed by atoms with Crippen LogP contribution < -0.4 is 19.8 Å². The molecule has 3 aromatic rings. The fourth-order valence-electron chi connectivity index (χ4n) is 3.63. The van der Waals surface area contributed by atoms with Crippen LogP contribution in [0.3, 0.4) is 0 Å². The second-order valence-electron chi connectivity index (χ2n) is 7.42. The number of allylic oxidation sites excluding steroid dienone is 1. The highest BCUT2D eigenvalue weighted by molar-refractivity contribution is 9.10. The molecule has 1 unspecified atom stereocenters. The van der Waals surface area contributed by atoms with E-state index < -0.39 is 12.0 Å². The van der Waals surface area contributed by atoms with Crippen molar-refractivity contribution in [1.82, 2.24) is 4.57 Å². The van der Waals surface area contributed by atoms with Gasteiger partial charge in [-0.15, -0.1) is 11.3 Å². The number of hydrogen-bond acceptors (Lipinski definition) is 7. The fraction of sp³-hybridized carbons (Fsp3) is 0.261. The summed E-state index contributed by atoms with van der Waals surface area (Å²) in [5.74, 6) is -0.440. The molecule has 1 aliphatic heterocycles. The highest BCUT2D eigenvalue weighted by Crippen LogP contribution is 2.33. The van der Waals surface area contributed by atoms with Crippen LogP contribution in [0, 0.1) is 0 Å². The van der Waals surface area contributed by atoms with Crippen LogP contribution in [0.15, 0.2) is 61.2 Å². The number of carbonyl (C=O) groups excluding carboxylic acids is 1. The van der Waals surface area contributed by atoms with E-state index in [1.54, 1.807) is 18.4 Å². The van der Waals surface area contributed by atoms with E-state index >= 15 is 0 Å². The number of esters is 1. The first-order chi connectivity index (χ1) is 15.3. The zero-order valence-corrected chi connectivity index (χ0v) is 21.3. The lowest BCUT2D eigenvalue weighted by Gasteiger charge is -2.23. The summed E-state index contributed by atoms with van der Waals surface area (Å²) < 4.78 is 8.42. The molecule has 1 aliphatic rings. The van der Waals surface area contributed by atoms with Gasteiger partial charge in [0.1, 0.15) is 6.04 Å². The van der Waals surface area contributed by atoms with Gasteiger partial charge in [-0.2, -0.15) is 0 Å². The molecule has 0 fully saturated rings. The molecule has 4 rings (SSSR count). The number of thiazole rings is 1. The smallest absolute Gasteiger partial charge is 0.338 e. The standard InChI is InChI=1S/C23H22BrN3O3S2/c1-5-30-22(29)19-13(2)25-23-27(20(19)17-7-6-10-31-17)21(28)18(32-23)12-14-8-9-16(26(3)4)15(24)11-14/h6-12,20H,5H2,1-4H3/b18-12+. The van der Waals surface area contributed by atoms with Crippen LogP contribution in [-0.4, -0.2) is 31.2 Å².